The van der Waals surface area contributed by atoms with E-state index in [9.17, 15) is 0 Å². The van der Waals surface area contributed by atoms with Crippen LogP contribution in [-0.4, -0.2) is 6.04 Å². The van der Waals surface area contributed by atoms with Crippen LogP contribution in [0.3, 0.4) is 0 Å². The van der Waals surface area contributed by atoms with E-state index in [-0.39, 0.29) is 0 Å². The Labute approximate surface area is 106 Å². The van der Waals surface area contributed by atoms with Crippen molar-refractivity contribution in [2.24, 2.45) is 11.8 Å². The van der Waals surface area contributed by atoms with Crippen LogP contribution < -0.4 is 11.3 Å². The van der Waals surface area contributed by atoms with E-state index in [0.29, 0.717) is 6.04 Å². The van der Waals surface area contributed by atoms with Crippen LogP contribution in [0.15, 0.2) is 18.2 Å². The Kier molecular flexibility index (Phi) is 5.66. The summed E-state index contributed by atoms with van der Waals surface area (Å²) in [6, 6.07) is 7.06. The van der Waals surface area contributed by atoms with Crippen molar-refractivity contribution in [3.05, 3.63) is 34.9 Å². The molecule has 17 heavy (non-hydrogen) atoms. The fraction of sp³-hybridized carbons (Fsp3) is 0.600. The van der Waals surface area contributed by atoms with Crippen LogP contribution in [0.2, 0.25) is 0 Å². The second kappa shape index (κ2) is 6.77. The number of rotatable bonds is 6. The predicted molar refractivity (Wildman–Crippen MR) is 74.8 cm³/mol. The Morgan fingerprint density at radius 3 is 2.47 bits per heavy atom. The van der Waals surface area contributed by atoms with Crippen molar-refractivity contribution in [1.29, 1.82) is 0 Å². The third-order valence-corrected chi connectivity index (χ3v) is 3.67. The number of nitrogens with one attached hydrogen (secondary N) is 1. The van der Waals surface area contributed by atoms with E-state index in [1.807, 2.05) is 0 Å². The molecule has 0 saturated heterocycles. The third-order valence-electron chi connectivity index (χ3n) is 3.67. The van der Waals surface area contributed by atoms with Gasteiger partial charge in [0, 0.05) is 6.04 Å². The lowest BCUT2D eigenvalue weighted by Gasteiger charge is -2.20. The summed E-state index contributed by atoms with van der Waals surface area (Å²) in [5, 5.41) is 0. The van der Waals surface area contributed by atoms with E-state index in [1.165, 1.54) is 23.1 Å². The standard InChI is InChI=1S/C15H26N2/c1-5-11(2)8-15(17-16)10-14-7-6-12(3)13(4)9-14/h6-7,9,11,15,17H,5,8,10,16H2,1-4H3. The van der Waals surface area contributed by atoms with Crippen molar-refractivity contribution in [3.63, 3.8) is 0 Å². The Morgan fingerprint density at radius 1 is 1.24 bits per heavy atom. The summed E-state index contributed by atoms with van der Waals surface area (Å²) in [5.74, 6) is 6.37. The van der Waals surface area contributed by atoms with E-state index >= 15 is 0 Å². The van der Waals surface area contributed by atoms with Gasteiger partial charge in [-0.25, -0.2) is 0 Å². The Morgan fingerprint density at radius 2 is 1.94 bits per heavy atom. The van der Waals surface area contributed by atoms with Gasteiger partial charge in [-0.15, -0.1) is 0 Å². The quantitative estimate of drug-likeness (QED) is 0.586. The lowest BCUT2D eigenvalue weighted by molar-refractivity contribution is 0.396. The third kappa shape index (κ3) is 4.49. The fourth-order valence-electron chi connectivity index (χ4n) is 2.08. The first-order valence-corrected chi connectivity index (χ1v) is 6.59. The second-order valence-corrected chi connectivity index (χ2v) is 5.24. The summed E-state index contributed by atoms with van der Waals surface area (Å²) in [5.41, 5.74) is 7.04. The van der Waals surface area contributed by atoms with E-state index in [4.69, 9.17) is 5.84 Å². The summed E-state index contributed by atoms with van der Waals surface area (Å²) in [6.45, 7) is 8.83. The highest BCUT2D eigenvalue weighted by Gasteiger charge is 2.11. The summed E-state index contributed by atoms with van der Waals surface area (Å²) in [7, 11) is 0. The second-order valence-electron chi connectivity index (χ2n) is 5.24. The molecule has 2 nitrogen and oxygen atoms in total. The Balaban J connectivity index is 2.63. The van der Waals surface area contributed by atoms with Gasteiger partial charge in [0.05, 0.1) is 0 Å². The molecule has 1 aromatic carbocycles. The molecule has 2 unspecified atom stereocenters. The van der Waals surface area contributed by atoms with Gasteiger partial charge >= 0.3 is 0 Å². The maximum atomic E-state index is 5.64. The molecule has 0 spiro atoms. The van der Waals surface area contributed by atoms with Crippen LogP contribution >= 0.6 is 0 Å². The lowest BCUT2D eigenvalue weighted by Crippen LogP contribution is -2.38. The van der Waals surface area contributed by atoms with Crippen LogP contribution in [0.5, 0.6) is 0 Å². The highest BCUT2D eigenvalue weighted by molar-refractivity contribution is 5.30. The number of hydrogen-bond donors (Lipinski definition) is 2. The monoisotopic (exact) mass is 234 g/mol. The number of hydrogen-bond acceptors (Lipinski definition) is 2. The molecule has 0 amide bonds. The normalized spacial score (nSPS) is 14.6. The van der Waals surface area contributed by atoms with Gasteiger partial charge in [0.15, 0.2) is 0 Å². The van der Waals surface area contributed by atoms with E-state index in [2.05, 4.69) is 51.3 Å². The number of aryl methyl sites for hydroxylation is 2. The van der Waals surface area contributed by atoms with E-state index in [0.717, 1.165) is 18.8 Å². The molecule has 0 aromatic heterocycles. The molecule has 0 fully saturated rings. The molecular weight excluding hydrogens is 208 g/mol. The first-order valence-electron chi connectivity index (χ1n) is 6.59. The van der Waals surface area contributed by atoms with E-state index < -0.39 is 0 Å². The summed E-state index contributed by atoms with van der Waals surface area (Å²) < 4.78 is 0. The SMILES string of the molecule is CCC(C)CC(Cc1ccc(C)c(C)c1)NN. The number of nitrogens with two attached hydrogens (primary N) is 1. The zero-order valence-corrected chi connectivity index (χ0v) is 11.6. The van der Waals surface area contributed by atoms with Gasteiger partial charge in [0.1, 0.15) is 0 Å². The Hall–Kier alpha value is -0.860. The molecule has 2 heteroatoms. The molecule has 1 rings (SSSR count). The Bertz CT molecular complexity index is 347. The first-order chi connectivity index (χ1) is 8.06. The van der Waals surface area contributed by atoms with Gasteiger partial charge in [0.2, 0.25) is 0 Å². The van der Waals surface area contributed by atoms with Crippen molar-refractivity contribution in [3.8, 4) is 0 Å². The average molecular weight is 234 g/mol. The molecule has 3 N–H and O–H groups in total. The zero-order valence-electron chi connectivity index (χ0n) is 11.6. The maximum absolute atomic E-state index is 5.64. The number of benzene rings is 1. The number of hydrazine groups is 1. The fourth-order valence-corrected chi connectivity index (χ4v) is 2.08. The molecule has 0 radical (unpaired) electrons. The molecule has 0 aliphatic heterocycles. The van der Waals surface area contributed by atoms with Crippen LogP contribution in [0.4, 0.5) is 0 Å². The minimum absolute atomic E-state index is 0.382. The van der Waals surface area contributed by atoms with Gasteiger partial charge in [-0.2, -0.15) is 0 Å². The van der Waals surface area contributed by atoms with Crippen LogP contribution in [0.1, 0.15) is 43.4 Å². The molecule has 2 atom stereocenters. The van der Waals surface area contributed by atoms with Crippen LogP contribution in [-0.2, 0) is 6.42 Å². The van der Waals surface area contributed by atoms with E-state index in [1.54, 1.807) is 0 Å². The molecular formula is C15H26N2. The molecule has 0 saturated carbocycles. The van der Waals surface area contributed by atoms with Crippen molar-refractivity contribution in [2.45, 2.75) is 53.0 Å². The van der Waals surface area contributed by atoms with Crippen molar-refractivity contribution < 1.29 is 0 Å². The minimum atomic E-state index is 0.382. The van der Waals surface area contributed by atoms with Gasteiger partial charge in [0.25, 0.3) is 0 Å². The topological polar surface area (TPSA) is 38.0 Å². The smallest absolute Gasteiger partial charge is 0.0253 e. The van der Waals surface area contributed by atoms with Crippen molar-refractivity contribution in [2.75, 3.05) is 0 Å². The van der Waals surface area contributed by atoms with Crippen molar-refractivity contribution >= 4 is 0 Å². The van der Waals surface area contributed by atoms with Gasteiger partial charge in [-0.3, -0.25) is 11.3 Å². The lowest BCUT2D eigenvalue weighted by atomic mass is 9.94. The maximum Gasteiger partial charge on any atom is 0.0253 e. The van der Waals surface area contributed by atoms with Crippen LogP contribution in [0.25, 0.3) is 0 Å². The highest BCUT2D eigenvalue weighted by atomic mass is 15.2. The molecule has 0 heterocycles. The zero-order chi connectivity index (χ0) is 12.8. The highest BCUT2D eigenvalue weighted by Crippen LogP contribution is 2.16. The minimum Gasteiger partial charge on any atom is -0.271 e. The summed E-state index contributed by atoms with van der Waals surface area (Å²) in [6.07, 6.45) is 3.37. The largest absolute Gasteiger partial charge is 0.271 e. The summed E-state index contributed by atoms with van der Waals surface area (Å²) in [4.78, 5) is 0. The first kappa shape index (κ1) is 14.2. The molecule has 96 valence electrons. The van der Waals surface area contributed by atoms with Gasteiger partial charge in [-0.1, -0.05) is 38.5 Å². The van der Waals surface area contributed by atoms with Crippen LogP contribution in [0, 0.1) is 19.8 Å². The predicted octanol–water partition coefficient (Wildman–Crippen LogP) is 3.11. The van der Waals surface area contributed by atoms with Crippen molar-refractivity contribution in [1.82, 2.24) is 5.43 Å². The molecule has 0 aliphatic rings. The summed E-state index contributed by atoms with van der Waals surface area (Å²) >= 11 is 0. The molecule has 0 aliphatic carbocycles. The molecule has 0 bridgehead atoms. The van der Waals surface area contributed by atoms with Gasteiger partial charge in [-0.05, 0) is 49.3 Å². The molecule has 1 aromatic rings. The average Bonchev–Trinajstić information content (AvgIpc) is 2.32. The van der Waals surface area contributed by atoms with Gasteiger partial charge < -0.3 is 0 Å².